The fourth-order valence-electron chi connectivity index (χ4n) is 2.14. The minimum absolute atomic E-state index is 0.140. The van der Waals surface area contributed by atoms with Crippen LogP contribution in [0.3, 0.4) is 0 Å². The normalized spacial score (nSPS) is 13.3. The van der Waals surface area contributed by atoms with E-state index in [-0.39, 0.29) is 19.1 Å². The molecule has 0 atom stereocenters. The number of carbonyl (C=O) groups is 2. The Bertz CT molecular complexity index is 762. The Hall–Kier alpha value is -2.31. The maximum Gasteiger partial charge on any atom is 0.266 e. The summed E-state index contributed by atoms with van der Waals surface area (Å²) in [5.41, 5.74) is 0.308. The van der Waals surface area contributed by atoms with Gasteiger partial charge in [-0.25, -0.2) is 4.98 Å². The summed E-state index contributed by atoms with van der Waals surface area (Å²) in [4.78, 5) is 29.6. The van der Waals surface area contributed by atoms with E-state index in [9.17, 15) is 9.59 Å². The van der Waals surface area contributed by atoms with E-state index in [2.05, 4.69) is 10.3 Å². The van der Waals surface area contributed by atoms with Crippen LogP contribution < -0.4 is 15.0 Å². The van der Waals surface area contributed by atoms with Crippen molar-refractivity contribution >= 4 is 46.5 Å². The number of nitrogens with zero attached hydrogens (tertiary/aromatic N) is 2. The van der Waals surface area contributed by atoms with E-state index in [0.717, 1.165) is 0 Å². The third-order valence-corrected chi connectivity index (χ3v) is 3.82. The molecule has 1 aliphatic rings. The molecule has 0 bridgehead atoms. The van der Waals surface area contributed by atoms with Gasteiger partial charge in [0.2, 0.25) is 5.91 Å². The molecular formula is C15H11Cl2N3O3. The molecule has 1 aliphatic heterocycles. The molecule has 0 unspecified atom stereocenters. The zero-order chi connectivity index (χ0) is 16.4. The van der Waals surface area contributed by atoms with Gasteiger partial charge in [-0.2, -0.15) is 0 Å². The van der Waals surface area contributed by atoms with Gasteiger partial charge in [-0.05, 0) is 24.3 Å². The highest BCUT2D eigenvalue weighted by atomic mass is 35.5. The molecule has 2 aromatic rings. The predicted molar refractivity (Wildman–Crippen MR) is 87.2 cm³/mol. The number of benzene rings is 1. The van der Waals surface area contributed by atoms with E-state index in [4.69, 9.17) is 27.9 Å². The largest absolute Gasteiger partial charge is 0.480 e. The van der Waals surface area contributed by atoms with Crippen LogP contribution in [0.2, 0.25) is 10.0 Å². The van der Waals surface area contributed by atoms with Gasteiger partial charge in [-0.3, -0.25) is 14.5 Å². The highest BCUT2D eigenvalue weighted by Crippen LogP contribution is 2.31. The lowest BCUT2D eigenvalue weighted by Gasteiger charge is -2.27. The number of fused-ring (bicyclic) bond motifs is 1. The van der Waals surface area contributed by atoms with E-state index in [1.165, 1.54) is 11.1 Å². The lowest BCUT2D eigenvalue weighted by Crippen LogP contribution is -2.44. The van der Waals surface area contributed by atoms with Crippen LogP contribution in [-0.2, 0) is 9.59 Å². The molecule has 3 rings (SSSR count). The Morgan fingerprint density at radius 2 is 2.00 bits per heavy atom. The topological polar surface area (TPSA) is 71.5 Å². The number of nitrogens with one attached hydrogen (secondary N) is 1. The first kappa shape index (κ1) is 15.6. The van der Waals surface area contributed by atoms with Gasteiger partial charge in [0.25, 0.3) is 5.91 Å². The molecule has 0 saturated heterocycles. The van der Waals surface area contributed by atoms with Crippen LogP contribution in [0.25, 0.3) is 0 Å². The first-order valence-corrected chi connectivity index (χ1v) is 7.44. The van der Waals surface area contributed by atoms with E-state index in [1.54, 1.807) is 30.3 Å². The molecule has 23 heavy (non-hydrogen) atoms. The number of pyridine rings is 1. The monoisotopic (exact) mass is 351 g/mol. The van der Waals surface area contributed by atoms with Crippen molar-refractivity contribution in [2.24, 2.45) is 0 Å². The summed E-state index contributed by atoms with van der Waals surface area (Å²) in [6.45, 7) is -0.355. The van der Waals surface area contributed by atoms with Crippen molar-refractivity contribution in [1.82, 2.24) is 4.98 Å². The number of anilines is 2. The molecule has 8 heteroatoms. The molecule has 118 valence electrons. The number of para-hydroxylation sites is 1. The minimum Gasteiger partial charge on any atom is -0.480 e. The summed E-state index contributed by atoms with van der Waals surface area (Å²) in [5, 5.41) is 3.25. The van der Waals surface area contributed by atoms with Crippen LogP contribution in [0.1, 0.15) is 0 Å². The van der Waals surface area contributed by atoms with Crippen LogP contribution >= 0.6 is 23.2 Å². The minimum atomic E-state index is -0.438. The van der Waals surface area contributed by atoms with Gasteiger partial charge in [0.15, 0.2) is 18.2 Å². The molecule has 0 radical (unpaired) electrons. The number of rotatable bonds is 3. The average molecular weight is 352 g/mol. The predicted octanol–water partition coefficient (Wildman–Crippen LogP) is 2.75. The number of aromatic nitrogens is 1. The highest BCUT2D eigenvalue weighted by molar-refractivity contribution is 6.39. The maximum absolute atomic E-state index is 12.2. The molecule has 1 aromatic carbocycles. The van der Waals surface area contributed by atoms with Gasteiger partial charge >= 0.3 is 0 Å². The smallest absolute Gasteiger partial charge is 0.266 e. The Kier molecular flexibility index (Phi) is 4.36. The van der Waals surface area contributed by atoms with Gasteiger partial charge in [0, 0.05) is 6.20 Å². The fraction of sp³-hybridized carbons (Fsp3) is 0.133. The molecule has 2 amide bonds. The summed E-state index contributed by atoms with van der Waals surface area (Å²) in [7, 11) is 0. The van der Waals surface area contributed by atoms with Crippen LogP contribution in [0.4, 0.5) is 11.5 Å². The third kappa shape index (κ3) is 3.23. The highest BCUT2D eigenvalue weighted by Gasteiger charge is 2.28. The second-order valence-corrected chi connectivity index (χ2v) is 5.55. The summed E-state index contributed by atoms with van der Waals surface area (Å²) >= 11 is 12.0. The zero-order valence-electron chi connectivity index (χ0n) is 11.8. The molecule has 0 fully saturated rings. The van der Waals surface area contributed by atoms with E-state index >= 15 is 0 Å². The summed E-state index contributed by atoms with van der Waals surface area (Å²) in [6, 6.07) is 8.27. The summed E-state index contributed by atoms with van der Waals surface area (Å²) < 4.78 is 5.28. The first-order chi connectivity index (χ1) is 11.1. The lowest BCUT2D eigenvalue weighted by atomic mass is 10.3. The van der Waals surface area contributed by atoms with Crippen molar-refractivity contribution in [2.75, 3.05) is 23.4 Å². The zero-order valence-corrected chi connectivity index (χ0v) is 13.3. The lowest BCUT2D eigenvalue weighted by molar-refractivity contribution is -0.123. The molecule has 0 aliphatic carbocycles. The number of amides is 2. The number of halogens is 2. The quantitative estimate of drug-likeness (QED) is 0.922. The average Bonchev–Trinajstić information content (AvgIpc) is 2.54. The maximum atomic E-state index is 12.2. The molecule has 1 N–H and O–H groups in total. The van der Waals surface area contributed by atoms with Gasteiger partial charge in [0.1, 0.15) is 6.54 Å². The second kappa shape index (κ2) is 6.44. The number of carbonyl (C=O) groups excluding carboxylic acids is 2. The SMILES string of the molecule is O=C(CN1C(=O)COc2cccnc21)Nc1c(Cl)cccc1Cl. The Morgan fingerprint density at radius 1 is 1.26 bits per heavy atom. The van der Waals surface area contributed by atoms with Crippen molar-refractivity contribution in [1.29, 1.82) is 0 Å². The Balaban J connectivity index is 1.79. The van der Waals surface area contributed by atoms with Crippen molar-refractivity contribution < 1.29 is 14.3 Å². The van der Waals surface area contributed by atoms with Gasteiger partial charge < -0.3 is 10.1 Å². The molecular weight excluding hydrogens is 341 g/mol. The Morgan fingerprint density at radius 3 is 2.74 bits per heavy atom. The van der Waals surface area contributed by atoms with E-state index < -0.39 is 5.91 Å². The summed E-state index contributed by atoms with van der Waals surface area (Å²) in [6.07, 6.45) is 1.52. The van der Waals surface area contributed by atoms with Crippen molar-refractivity contribution in [2.45, 2.75) is 0 Å². The van der Waals surface area contributed by atoms with Crippen LogP contribution in [-0.4, -0.2) is 29.9 Å². The van der Waals surface area contributed by atoms with Crippen molar-refractivity contribution in [3.05, 3.63) is 46.6 Å². The molecule has 2 heterocycles. The van der Waals surface area contributed by atoms with E-state index in [1.807, 2.05) is 0 Å². The number of hydrogen-bond acceptors (Lipinski definition) is 4. The standard InChI is InChI=1S/C15H11Cl2N3O3/c16-9-3-1-4-10(17)14(9)19-12(21)7-20-13(22)8-23-11-5-2-6-18-15(11)20/h1-6H,7-8H2,(H,19,21). The number of ether oxygens (including phenoxy) is 1. The molecule has 0 saturated carbocycles. The number of hydrogen-bond donors (Lipinski definition) is 1. The first-order valence-electron chi connectivity index (χ1n) is 6.68. The second-order valence-electron chi connectivity index (χ2n) is 4.74. The van der Waals surface area contributed by atoms with Crippen LogP contribution in [0.5, 0.6) is 5.75 Å². The fourth-order valence-corrected chi connectivity index (χ4v) is 2.63. The third-order valence-electron chi connectivity index (χ3n) is 3.19. The van der Waals surface area contributed by atoms with Gasteiger partial charge in [-0.1, -0.05) is 29.3 Å². The van der Waals surface area contributed by atoms with Gasteiger partial charge in [-0.15, -0.1) is 0 Å². The Labute approximate surface area is 142 Å². The summed E-state index contributed by atoms with van der Waals surface area (Å²) in [5.74, 6) is -0.0247. The molecule has 0 spiro atoms. The van der Waals surface area contributed by atoms with Crippen LogP contribution in [0.15, 0.2) is 36.5 Å². The van der Waals surface area contributed by atoms with Crippen molar-refractivity contribution in [3.63, 3.8) is 0 Å². The van der Waals surface area contributed by atoms with Gasteiger partial charge in [0.05, 0.1) is 15.7 Å². The molecule has 6 nitrogen and oxygen atoms in total. The van der Waals surface area contributed by atoms with E-state index in [0.29, 0.717) is 27.3 Å². The van der Waals surface area contributed by atoms with Crippen molar-refractivity contribution in [3.8, 4) is 5.75 Å². The molecule has 1 aromatic heterocycles. The van der Waals surface area contributed by atoms with Crippen LogP contribution in [0, 0.1) is 0 Å².